The maximum absolute atomic E-state index is 13.6. The molecule has 4 heterocycles. The molecule has 0 spiro atoms. The lowest BCUT2D eigenvalue weighted by Crippen LogP contribution is -2.19. The molecule has 0 fully saturated rings. The second-order valence-electron chi connectivity index (χ2n) is 10.1. The molecule has 0 aliphatic carbocycles. The van der Waals surface area contributed by atoms with E-state index < -0.39 is 17.3 Å². The van der Waals surface area contributed by atoms with Crippen molar-refractivity contribution in [2.75, 3.05) is 0 Å². The highest BCUT2D eigenvalue weighted by Gasteiger charge is 2.33. The standard InChI is InChI=1S/C32H21F3N8O/c1-42-18-38-17-28(42)31-24(29(44)14-30(41-31)32(33,34)35)13-20-5-8-26-22(12-20)25(15-36)23(27(16-37)40-26)11-19-3-6-21(7-4-19)43-10-2-9-39-43/h2-10,12,14,17-18H,11,13H2,1H3,(H,41,44). The first kappa shape index (κ1) is 28.1. The van der Waals surface area contributed by atoms with Gasteiger partial charge in [0.25, 0.3) is 0 Å². The van der Waals surface area contributed by atoms with Crippen LogP contribution in [0.2, 0.25) is 0 Å². The molecule has 0 atom stereocenters. The number of H-pyrrole nitrogens is 1. The molecule has 9 nitrogen and oxygen atoms in total. The van der Waals surface area contributed by atoms with E-state index in [0.717, 1.165) is 11.3 Å². The van der Waals surface area contributed by atoms with Crippen LogP contribution >= 0.6 is 0 Å². The van der Waals surface area contributed by atoms with Crippen LogP contribution in [0.15, 0.2) is 84.3 Å². The predicted octanol–water partition coefficient (Wildman–Crippen LogP) is 5.45. The zero-order chi connectivity index (χ0) is 31.0. The van der Waals surface area contributed by atoms with Crippen molar-refractivity contribution in [2.45, 2.75) is 19.0 Å². The zero-order valence-electron chi connectivity index (χ0n) is 23.1. The third kappa shape index (κ3) is 5.21. The van der Waals surface area contributed by atoms with Gasteiger partial charge in [0.2, 0.25) is 0 Å². The Kier molecular flexibility index (Phi) is 7.03. The van der Waals surface area contributed by atoms with E-state index >= 15 is 0 Å². The van der Waals surface area contributed by atoms with E-state index in [4.69, 9.17) is 0 Å². The molecular weight excluding hydrogens is 569 g/mol. The highest BCUT2D eigenvalue weighted by Crippen LogP contribution is 2.31. The summed E-state index contributed by atoms with van der Waals surface area (Å²) in [7, 11) is 1.62. The summed E-state index contributed by atoms with van der Waals surface area (Å²) in [4.78, 5) is 24.0. The van der Waals surface area contributed by atoms with Crippen molar-refractivity contribution in [3.63, 3.8) is 0 Å². The smallest absolute Gasteiger partial charge is 0.349 e. The molecule has 216 valence electrons. The molecule has 0 bridgehead atoms. The molecule has 6 rings (SSSR count). The van der Waals surface area contributed by atoms with Gasteiger partial charge in [0.05, 0.1) is 40.7 Å². The molecule has 2 aromatic carbocycles. The average molecular weight is 591 g/mol. The van der Waals surface area contributed by atoms with Crippen LogP contribution in [-0.2, 0) is 26.1 Å². The minimum atomic E-state index is -4.75. The number of benzene rings is 2. The van der Waals surface area contributed by atoms with Gasteiger partial charge in [-0.25, -0.2) is 14.6 Å². The van der Waals surface area contributed by atoms with Crippen LogP contribution in [0.4, 0.5) is 13.2 Å². The Hall–Kier alpha value is -6.01. The van der Waals surface area contributed by atoms with E-state index in [1.165, 1.54) is 17.1 Å². The Labute approximate surface area is 248 Å². The number of aromatic nitrogens is 6. The van der Waals surface area contributed by atoms with E-state index in [2.05, 4.69) is 32.2 Å². The molecule has 0 unspecified atom stereocenters. The van der Waals surface area contributed by atoms with Gasteiger partial charge in [0.1, 0.15) is 23.5 Å². The Morgan fingerprint density at radius 1 is 0.977 bits per heavy atom. The average Bonchev–Trinajstić information content (AvgIpc) is 3.70. The SMILES string of the molecule is Cn1cncc1-c1[nH]c(C(F)(F)F)cc(=O)c1Cc1ccc2nc(C#N)c(Cc3ccc(-n4cccn4)cc3)c(C#N)c2c1. The van der Waals surface area contributed by atoms with E-state index in [9.17, 15) is 28.5 Å². The fourth-order valence-electron chi connectivity index (χ4n) is 5.18. The summed E-state index contributed by atoms with van der Waals surface area (Å²) < 4.78 is 44.0. The molecule has 1 N–H and O–H groups in total. The Morgan fingerprint density at radius 3 is 2.36 bits per heavy atom. The van der Waals surface area contributed by atoms with Gasteiger partial charge in [-0.3, -0.25) is 4.79 Å². The fourth-order valence-corrected chi connectivity index (χ4v) is 5.18. The minimum absolute atomic E-state index is 0.00243. The van der Waals surface area contributed by atoms with Crippen molar-refractivity contribution < 1.29 is 13.2 Å². The number of fused-ring (bicyclic) bond motifs is 1. The maximum Gasteiger partial charge on any atom is 0.431 e. The first-order valence-corrected chi connectivity index (χ1v) is 13.3. The lowest BCUT2D eigenvalue weighted by atomic mass is 9.93. The van der Waals surface area contributed by atoms with Crippen LogP contribution in [0.3, 0.4) is 0 Å². The van der Waals surface area contributed by atoms with E-state index in [0.29, 0.717) is 33.8 Å². The van der Waals surface area contributed by atoms with Gasteiger partial charge in [0.15, 0.2) is 5.43 Å². The second kappa shape index (κ2) is 11.0. The molecule has 12 heteroatoms. The number of nitriles is 2. The predicted molar refractivity (Wildman–Crippen MR) is 155 cm³/mol. The lowest BCUT2D eigenvalue weighted by molar-refractivity contribution is -0.141. The van der Waals surface area contributed by atoms with E-state index in [1.807, 2.05) is 36.5 Å². The van der Waals surface area contributed by atoms with Crippen molar-refractivity contribution in [3.8, 4) is 29.2 Å². The van der Waals surface area contributed by atoms with Crippen molar-refractivity contribution in [2.24, 2.45) is 7.05 Å². The van der Waals surface area contributed by atoms with Gasteiger partial charge in [-0.15, -0.1) is 0 Å². The van der Waals surface area contributed by atoms with Crippen LogP contribution in [-0.4, -0.2) is 29.3 Å². The number of imidazole rings is 1. The van der Waals surface area contributed by atoms with Crippen LogP contribution < -0.4 is 5.43 Å². The second-order valence-corrected chi connectivity index (χ2v) is 10.1. The lowest BCUT2D eigenvalue weighted by Gasteiger charge is -2.15. The summed E-state index contributed by atoms with van der Waals surface area (Å²) in [5, 5.41) is 24.8. The summed E-state index contributed by atoms with van der Waals surface area (Å²) in [6.45, 7) is 0. The van der Waals surface area contributed by atoms with Gasteiger partial charge in [-0.1, -0.05) is 18.2 Å². The monoisotopic (exact) mass is 590 g/mol. The molecule has 44 heavy (non-hydrogen) atoms. The van der Waals surface area contributed by atoms with Crippen LogP contribution in [0.25, 0.3) is 28.0 Å². The van der Waals surface area contributed by atoms with Gasteiger partial charge < -0.3 is 9.55 Å². The normalized spacial score (nSPS) is 11.4. The maximum atomic E-state index is 13.6. The number of pyridine rings is 2. The quantitative estimate of drug-likeness (QED) is 0.275. The highest BCUT2D eigenvalue weighted by molar-refractivity contribution is 5.88. The number of rotatable bonds is 6. The summed E-state index contributed by atoms with van der Waals surface area (Å²) in [5.74, 6) is 0. The summed E-state index contributed by atoms with van der Waals surface area (Å²) >= 11 is 0. The largest absolute Gasteiger partial charge is 0.431 e. The Balaban J connectivity index is 1.43. The van der Waals surface area contributed by atoms with Gasteiger partial charge in [0, 0.05) is 54.9 Å². The molecular formula is C32H21F3N8O. The fraction of sp³-hybridized carbons (Fsp3) is 0.125. The highest BCUT2D eigenvalue weighted by atomic mass is 19.4. The molecule has 0 aliphatic heterocycles. The topological polar surface area (TPSA) is 129 Å². The number of halogens is 3. The first-order valence-electron chi connectivity index (χ1n) is 13.3. The van der Waals surface area contributed by atoms with Crippen molar-refractivity contribution >= 4 is 10.9 Å². The molecule has 0 radical (unpaired) electrons. The van der Waals surface area contributed by atoms with Crippen molar-refractivity contribution in [1.82, 2.24) is 29.3 Å². The molecule has 6 aromatic rings. The number of hydrogen-bond acceptors (Lipinski definition) is 6. The number of nitrogens with one attached hydrogen (secondary N) is 1. The molecule has 0 saturated heterocycles. The summed E-state index contributed by atoms with van der Waals surface area (Å²) in [6, 6.07) is 19.2. The Bertz CT molecular complexity index is 2160. The van der Waals surface area contributed by atoms with Crippen molar-refractivity contribution in [3.05, 3.63) is 129 Å². The third-order valence-electron chi connectivity index (χ3n) is 7.35. The molecule has 0 amide bonds. The molecule has 4 aromatic heterocycles. The van der Waals surface area contributed by atoms with Gasteiger partial charge in [-0.2, -0.15) is 28.8 Å². The number of aryl methyl sites for hydroxylation is 1. The number of hydrogen-bond donors (Lipinski definition) is 1. The van der Waals surface area contributed by atoms with Crippen molar-refractivity contribution in [1.29, 1.82) is 10.5 Å². The summed E-state index contributed by atoms with van der Waals surface area (Å²) in [6.07, 6.45) is 1.78. The minimum Gasteiger partial charge on any atom is -0.349 e. The summed E-state index contributed by atoms with van der Waals surface area (Å²) in [5.41, 5.74) is 1.99. The van der Waals surface area contributed by atoms with Crippen LogP contribution in [0.1, 0.15) is 39.2 Å². The number of alkyl halides is 3. The molecule has 0 saturated carbocycles. The van der Waals surface area contributed by atoms with Crippen LogP contribution in [0.5, 0.6) is 0 Å². The van der Waals surface area contributed by atoms with Crippen LogP contribution in [0, 0.1) is 22.7 Å². The zero-order valence-corrected chi connectivity index (χ0v) is 23.1. The number of nitrogens with zero attached hydrogens (tertiary/aromatic N) is 7. The van der Waals surface area contributed by atoms with Gasteiger partial charge >= 0.3 is 6.18 Å². The third-order valence-corrected chi connectivity index (χ3v) is 7.35. The Morgan fingerprint density at radius 2 is 1.73 bits per heavy atom. The molecule has 0 aliphatic rings. The first-order chi connectivity index (χ1) is 21.2. The van der Waals surface area contributed by atoms with E-state index in [1.54, 1.807) is 36.1 Å². The van der Waals surface area contributed by atoms with E-state index in [-0.39, 0.29) is 35.4 Å². The van der Waals surface area contributed by atoms with Gasteiger partial charge in [-0.05, 0) is 41.5 Å². The number of aromatic amines is 1.